The molecule has 0 saturated carbocycles. The Morgan fingerprint density at radius 2 is 2.02 bits per heavy atom. The molecule has 13 heteroatoms. The molecule has 1 amide bonds. The van der Waals surface area contributed by atoms with Gasteiger partial charge in [0.1, 0.15) is 29.4 Å². The summed E-state index contributed by atoms with van der Waals surface area (Å²) in [6.07, 6.45) is 4.20. The van der Waals surface area contributed by atoms with Gasteiger partial charge >= 0.3 is 6.09 Å². The van der Waals surface area contributed by atoms with Gasteiger partial charge < -0.3 is 25.0 Å². The van der Waals surface area contributed by atoms with Crippen molar-refractivity contribution in [1.29, 1.82) is 0 Å². The third-order valence-corrected chi connectivity index (χ3v) is 10.7. The average Bonchev–Trinajstić information content (AvgIpc) is 3.86. The number of ether oxygens (including phenoxy) is 1. The van der Waals surface area contributed by atoms with E-state index in [0.717, 1.165) is 51.7 Å². The van der Waals surface area contributed by atoms with Gasteiger partial charge in [-0.25, -0.2) is 23.5 Å². The number of phenolic OH excluding ortho intramolecular Hbond substituents is 1. The summed E-state index contributed by atoms with van der Waals surface area (Å²) >= 11 is 0. The van der Waals surface area contributed by atoms with Crippen molar-refractivity contribution in [2.45, 2.75) is 69.1 Å². The van der Waals surface area contributed by atoms with E-state index in [0.29, 0.717) is 40.4 Å². The molecular formula is C34H38F2N8O3. The van der Waals surface area contributed by atoms with Gasteiger partial charge in [0.25, 0.3) is 0 Å². The number of aryl methyl sites for hydroxylation is 1. The highest BCUT2D eigenvalue weighted by atomic mass is 19.1. The van der Waals surface area contributed by atoms with Gasteiger partial charge in [0.2, 0.25) is 0 Å². The lowest BCUT2D eigenvalue weighted by Crippen LogP contribution is -2.46. The maximum Gasteiger partial charge on any atom is 0.409 e. The predicted octanol–water partition coefficient (Wildman–Crippen LogP) is 4.49. The Labute approximate surface area is 270 Å². The van der Waals surface area contributed by atoms with E-state index in [1.807, 2.05) is 6.92 Å². The van der Waals surface area contributed by atoms with Crippen molar-refractivity contribution in [3.8, 4) is 17.0 Å². The number of fused-ring (bicyclic) bond motifs is 5. The Balaban J connectivity index is 1.30. The van der Waals surface area contributed by atoms with Crippen molar-refractivity contribution in [3.63, 3.8) is 0 Å². The summed E-state index contributed by atoms with van der Waals surface area (Å²) in [6.45, 7) is 4.41. The van der Waals surface area contributed by atoms with Gasteiger partial charge in [-0.1, -0.05) is 13.0 Å². The minimum Gasteiger partial charge on any atom is -0.508 e. The summed E-state index contributed by atoms with van der Waals surface area (Å²) < 4.78 is 37.7. The number of aromatic nitrogens is 4. The van der Waals surface area contributed by atoms with Crippen molar-refractivity contribution in [1.82, 2.24) is 35.3 Å². The first kappa shape index (κ1) is 30.1. The van der Waals surface area contributed by atoms with E-state index in [9.17, 15) is 9.90 Å². The zero-order chi connectivity index (χ0) is 32.6. The number of piperazine rings is 1. The zero-order valence-corrected chi connectivity index (χ0v) is 26.8. The summed E-state index contributed by atoms with van der Waals surface area (Å²) in [5.41, 5.74) is 0.375. The van der Waals surface area contributed by atoms with Crippen LogP contribution in [0.25, 0.3) is 33.1 Å². The number of hydrogen-bond donors (Lipinski definition) is 2. The monoisotopic (exact) mass is 644 g/mol. The quantitative estimate of drug-likeness (QED) is 0.311. The summed E-state index contributed by atoms with van der Waals surface area (Å²) in [6, 6.07) is 6.40. The lowest BCUT2D eigenvalue weighted by Gasteiger charge is -2.35. The number of hydrogen-bond acceptors (Lipinski definition) is 10. The fraction of sp³-hybridized carbons (Fsp3) is 0.500. The molecule has 11 nitrogen and oxygen atoms in total. The van der Waals surface area contributed by atoms with Gasteiger partial charge in [-0.3, -0.25) is 4.90 Å². The minimum absolute atomic E-state index is 0.00635. The molecule has 246 valence electrons. The summed E-state index contributed by atoms with van der Waals surface area (Å²) in [7, 11) is 3.32. The van der Waals surface area contributed by atoms with Gasteiger partial charge in [0, 0.05) is 50.9 Å². The fourth-order valence-electron chi connectivity index (χ4n) is 8.46. The maximum atomic E-state index is 17.1. The van der Waals surface area contributed by atoms with E-state index < -0.39 is 17.2 Å². The Morgan fingerprint density at radius 3 is 2.77 bits per heavy atom. The number of halogens is 2. The van der Waals surface area contributed by atoms with E-state index >= 15 is 8.78 Å². The van der Waals surface area contributed by atoms with Crippen molar-refractivity contribution < 1.29 is 23.4 Å². The van der Waals surface area contributed by atoms with Gasteiger partial charge in [0.05, 0.1) is 5.54 Å². The molecule has 47 heavy (non-hydrogen) atoms. The average molecular weight is 645 g/mol. The van der Waals surface area contributed by atoms with Crippen LogP contribution in [0.5, 0.6) is 5.75 Å². The van der Waals surface area contributed by atoms with E-state index in [2.05, 4.69) is 25.3 Å². The lowest BCUT2D eigenvalue weighted by atomic mass is 9.92. The second-order valence-electron chi connectivity index (χ2n) is 13.5. The zero-order valence-electron chi connectivity index (χ0n) is 26.8. The normalized spacial score (nSPS) is 25.3. The van der Waals surface area contributed by atoms with E-state index in [1.54, 1.807) is 26.2 Å². The molecule has 2 N–H and O–H groups in total. The molecule has 6 heterocycles. The second-order valence-corrected chi connectivity index (χ2v) is 13.5. The largest absolute Gasteiger partial charge is 0.508 e. The molecular weight excluding hydrogens is 606 g/mol. The van der Waals surface area contributed by atoms with Crippen LogP contribution in [0.4, 0.5) is 19.4 Å². The van der Waals surface area contributed by atoms with Crippen molar-refractivity contribution in [3.05, 3.63) is 47.3 Å². The molecule has 8 rings (SSSR count). The highest BCUT2D eigenvalue weighted by Crippen LogP contribution is 2.50. The number of anilines is 1. The molecule has 2 bridgehead atoms. The number of rotatable bonds is 6. The molecule has 4 saturated heterocycles. The second kappa shape index (κ2) is 11.2. The summed E-state index contributed by atoms with van der Waals surface area (Å²) in [5.74, 6) is -0.0657. The van der Waals surface area contributed by atoms with Crippen LogP contribution in [0, 0.1) is 11.6 Å². The third kappa shape index (κ3) is 4.68. The van der Waals surface area contributed by atoms with Crippen LogP contribution in [0.3, 0.4) is 0 Å². The standard InChI is InChI=1S/C34H38F2N8O3/c1-4-23-25(35)7-6-18-12-22(45)14-24(26(18)23)28-27(36)29-30(41-40-28)31(43-16-19-13-21(43)15-37-19)39-32(38-29)34-9-5-11-44(34)20(8-10-34)17-47-33(46)42(2)3/h6-7,12,14,19-21,37,45H,4-5,8-11,13,15-17H2,1-3H3/t19-,20+,21-,34?/m0/s1. The van der Waals surface area contributed by atoms with Crippen LogP contribution in [0.15, 0.2) is 24.3 Å². The summed E-state index contributed by atoms with van der Waals surface area (Å²) in [4.78, 5) is 28.4. The Kier molecular flexibility index (Phi) is 7.17. The molecule has 4 aliphatic heterocycles. The van der Waals surface area contributed by atoms with Crippen LogP contribution in [-0.2, 0) is 16.7 Å². The molecule has 4 fully saturated rings. The molecule has 4 atom stereocenters. The first-order valence-corrected chi connectivity index (χ1v) is 16.5. The maximum absolute atomic E-state index is 17.1. The van der Waals surface area contributed by atoms with Crippen LogP contribution in [-0.4, -0.2) is 99.6 Å². The number of benzene rings is 2. The van der Waals surface area contributed by atoms with E-state index in [1.165, 1.54) is 17.0 Å². The van der Waals surface area contributed by atoms with E-state index in [-0.39, 0.29) is 52.8 Å². The minimum atomic E-state index is -0.684. The Hall–Kier alpha value is -4.23. The van der Waals surface area contributed by atoms with Crippen LogP contribution in [0.2, 0.25) is 0 Å². The molecule has 4 aliphatic rings. The van der Waals surface area contributed by atoms with Crippen LogP contribution < -0.4 is 10.2 Å². The Morgan fingerprint density at radius 1 is 1.17 bits per heavy atom. The predicted molar refractivity (Wildman–Crippen MR) is 172 cm³/mol. The lowest BCUT2D eigenvalue weighted by molar-refractivity contribution is 0.0660. The summed E-state index contributed by atoms with van der Waals surface area (Å²) in [5, 5.41) is 24.2. The first-order valence-electron chi connectivity index (χ1n) is 16.5. The fourth-order valence-corrected chi connectivity index (χ4v) is 8.46. The van der Waals surface area contributed by atoms with E-state index in [4.69, 9.17) is 14.7 Å². The molecule has 4 aromatic rings. The third-order valence-electron chi connectivity index (χ3n) is 10.7. The highest BCUT2D eigenvalue weighted by Gasteiger charge is 2.53. The number of phenols is 1. The van der Waals surface area contributed by atoms with Gasteiger partial charge in [-0.15, -0.1) is 10.2 Å². The van der Waals surface area contributed by atoms with Crippen molar-refractivity contribution in [2.24, 2.45) is 0 Å². The number of nitrogens with one attached hydrogen (secondary N) is 1. The number of carbonyl (C=O) groups is 1. The molecule has 2 aromatic carbocycles. The van der Waals surface area contributed by atoms with Crippen LogP contribution in [0.1, 0.15) is 50.4 Å². The molecule has 0 spiro atoms. The van der Waals surface area contributed by atoms with Gasteiger partial charge in [0.15, 0.2) is 23.0 Å². The van der Waals surface area contributed by atoms with Crippen molar-refractivity contribution >= 4 is 33.7 Å². The smallest absolute Gasteiger partial charge is 0.409 e. The SMILES string of the molecule is CCc1c(F)ccc2cc(O)cc(-c3nnc4c(N5C[C@@H]6C[C@H]5CN6)nc(C56CCCN5[C@@H](COC(=O)N(C)C)CC6)nc4c3F)c12. The molecule has 0 aliphatic carbocycles. The Bertz CT molecular complexity index is 1920. The van der Waals surface area contributed by atoms with Crippen molar-refractivity contribution in [2.75, 3.05) is 45.2 Å². The molecule has 2 aromatic heterocycles. The number of amides is 1. The number of carbonyl (C=O) groups excluding carboxylic acids is 1. The number of aromatic hydroxyl groups is 1. The van der Waals surface area contributed by atoms with Gasteiger partial charge in [-0.2, -0.15) is 0 Å². The van der Waals surface area contributed by atoms with Gasteiger partial charge in [-0.05, 0) is 79.6 Å². The highest BCUT2D eigenvalue weighted by molar-refractivity contribution is 6.01. The van der Waals surface area contributed by atoms with Crippen LogP contribution >= 0.6 is 0 Å². The number of nitrogens with zero attached hydrogens (tertiary/aromatic N) is 7. The molecule has 1 unspecified atom stereocenters. The first-order chi connectivity index (χ1) is 22.7. The topological polar surface area (TPSA) is 120 Å². The molecule has 0 radical (unpaired) electrons.